The van der Waals surface area contributed by atoms with Gasteiger partial charge < -0.3 is 19.7 Å². The Labute approximate surface area is 179 Å². The number of phenols is 2. The van der Waals surface area contributed by atoms with Crippen LogP contribution in [0.15, 0.2) is 36.4 Å². The molecule has 0 aliphatic heterocycles. The predicted octanol–water partition coefficient (Wildman–Crippen LogP) is 6.25. The summed E-state index contributed by atoms with van der Waals surface area (Å²) in [6.45, 7) is 5.46. The van der Waals surface area contributed by atoms with Crippen LogP contribution in [0.1, 0.15) is 81.1 Å². The number of carbonyl (C=O) groups is 1. The van der Waals surface area contributed by atoms with Crippen molar-refractivity contribution in [3.05, 3.63) is 47.5 Å². The number of ether oxygens (including phenoxy) is 2. The largest absolute Gasteiger partial charge is 0.507 e. The third-order valence-corrected chi connectivity index (χ3v) is 4.96. The summed E-state index contributed by atoms with van der Waals surface area (Å²) in [6, 6.07) is 9.26. The Kier molecular flexibility index (Phi) is 10.1. The first-order valence-corrected chi connectivity index (χ1v) is 11.0. The number of rotatable bonds is 14. The summed E-state index contributed by atoms with van der Waals surface area (Å²) in [6.07, 6.45) is 8.80. The van der Waals surface area contributed by atoms with Crippen molar-refractivity contribution in [3.63, 3.8) is 0 Å². The molecule has 164 valence electrons. The van der Waals surface area contributed by atoms with Crippen molar-refractivity contribution in [2.45, 2.75) is 65.2 Å². The maximum Gasteiger partial charge on any atom is 0.200 e. The molecule has 0 radical (unpaired) electrons. The van der Waals surface area contributed by atoms with Crippen LogP contribution in [-0.4, -0.2) is 29.2 Å². The fraction of sp³-hybridized carbons (Fsp3) is 0.480. The van der Waals surface area contributed by atoms with Gasteiger partial charge in [-0.15, -0.1) is 0 Å². The smallest absolute Gasteiger partial charge is 0.200 e. The molecule has 0 saturated carbocycles. The summed E-state index contributed by atoms with van der Waals surface area (Å²) in [7, 11) is 0. The molecule has 0 heterocycles. The third-order valence-electron chi connectivity index (χ3n) is 4.96. The van der Waals surface area contributed by atoms with Crippen molar-refractivity contribution >= 4 is 5.78 Å². The van der Waals surface area contributed by atoms with E-state index in [0.29, 0.717) is 24.7 Å². The zero-order valence-electron chi connectivity index (χ0n) is 18.2. The van der Waals surface area contributed by atoms with E-state index < -0.39 is 5.78 Å². The maximum atomic E-state index is 12.8. The fourth-order valence-electron chi connectivity index (χ4n) is 3.17. The molecule has 5 heteroatoms. The number of hydrogen-bond acceptors (Lipinski definition) is 5. The zero-order chi connectivity index (χ0) is 21.8. The molecule has 0 atom stereocenters. The minimum Gasteiger partial charge on any atom is -0.507 e. The molecule has 2 aromatic rings. The Bertz CT molecular complexity index is 735. The normalized spacial score (nSPS) is 10.7. The van der Waals surface area contributed by atoms with Gasteiger partial charge in [-0.1, -0.05) is 52.4 Å². The average Bonchev–Trinajstić information content (AvgIpc) is 2.73. The summed E-state index contributed by atoms with van der Waals surface area (Å²) in [5.41, 5.74) is 0.244. The topological polar surface area (TPSA) is 76.0 Å². The summed E-state index contributed by atoms with van der Waals surface area (Å²) >= 11 is 0. The van der Waals surface area contributed by atoms with Crippen molar-refractivity contribution in [3.8, 4) is 23.0 Å². The molecular weight excluding hydrogens is 380 g/mol. The van der Waals surface area contributed by atoms with Crippen molar-refractivity contribution in [1.29, 1.82) is 0 Å². The van der Waals surface area contributed by atoms with Crippen molar-refractivity contribution in [2.24, 2.45) is 0 Å². The van der Waals surface area contributed by atoms with E-state index in [0.717, 1.165) is 38.5 Å². The number of ketones is 1. The first-order valence-electron chi connectivity index (χ1n) is 11.0. The van der Waals surface area contributed by atoms with Crippen LogP contribution in [0, 0.1) is 0 Å². The Balaban J connectivity index is 1.96. The van der Waals surface area contributed by atoms with Crippen LogP contribution in [0.25, 0.3) is 0 Å². The lowest BCUT2D eigenvalue weighted by atomic mass is 10.0. The van der Waals surface area contributed by atoms with E-state index in [9.17, 15) is 15.0 Å². The van der Waals surface area contributed by atoms with E-state index in [-0.39, 0.29) is 22.6 Å². The van der Waals surface area contributed by atoms with Gasteiger partial charge in [0.15, 0.2) is 5.78 Å². The molecule has 0 spiro atoms. The highest BCUT2D eigenvalue weighted by molar-refractivity contribution is 6.12. The zero-order valence-corrected chi connectivity index (χ0v) is 18.2. The average molecular weight is 415 g/mol. The molecule has 0 aromatic heterocycles. The minimum atomic E-state index is -0.450. The first-order chi connectivity index (χ1) is 14.6. The third kappa shape index (κ3) is 7.29. The quantitative estimate of drug-likeness (QED) is 0.282. The van der Waals surface area contributed by atoms with E-state index in [1.165, 1.54) is 37.1 Å². The molecule has 0 aliphatic carbocycles. The molecule has 2 rings (SSSR count). The van der Waals surface area contributed by atoms with Crippen molar-refractivity contribution in [1.82, 2.24) is 0 Å². The van der Waals surface area contributed by atoms with Crippen LogP contribution in [0.4, 0.5) is 0 Å². The predicted molar refractivity (Wildman–Crippen MR) is 119 cm³/mol. The number of aromatic hydroxyl groups is 2. The van der Waals surface area contributed by atoms with Gasteiger partial charge in [0, 0.05) is 12.1 Å². The summed E-state index contributed by atoms with van der Waals surface area (Å²) in [5.74, 6) is 0.269. The lowest BCUT2D eigenvalue weighted by molar-refractivity contribution is 0.103. The standard InChI is InChI=1S/C25H34O5/c1-3-5-7-9-15-29-19-11-13-21(23(26)17-19)25(28)22-14-12-20(18-24(22)27)30-16-10-8-6-4-2/h11-14,17-18,26-27H,3-10,15-16H2,1-2H3. The molecule has 0 amide bonds. The van der Waals surface area contributed by atoms with Gasteiger partial charge in [-0.2, -0.15) is 0 Å². The van der Waals surface area contributed by atoms with Gasteiger partial charge in [-0.3, -0.25) is 4.79 Å². The molecule has 0 saturated heterocycles. The Morgan fingerprint density at radius 3 is 1.50 bits per heavy atom. The summed E-state index contributed by atoms with van der Waals surface area (Å²) in [4.78, 5) is 12.8. The monoisotopic (exact) mass is 414 g/mol. The van der Waals surface area contributed by atoms with Gasteiger partial charge in [0.25, 0.3) is 0 Å². The number of phenolic OH excluding ortho intramolecular Hbond substituents is 2. The maximum absolute atomic E-state index is 12.8. The van der Waals surface area contributed by atoms with Gasteiger partial charge in [0.2, 0.25) is 0 Å². The molecule has 0 aliphatic rings. The van der Waals surface area contributed by atoms with Crippen LogP contribution in [0.5, 0.6) is 23.0 Å². The molecule has 0 bridgehead atoms. The highest BCUT2D eigenvalue weighted by atomic mass is 16.5. The molecular formula is C25H34O5. The van der Waals surface area contributed by atoms with Crippen LogP contribution in [0.2, 0.25) is 0 Å². The highest BCUT2D eigenvalue weighted by Gasteiger charge is 2.18. The lowest BCUT2D eigenvalue weighted by Gasteiger charge is -2.11. The van der Waals surface area contributed by atoms with E-state index in [2.05, 4.69) is 13.8 Å². The Morgan fingerprint density at radius 1 is 0.700 bits per heavy atom. The van der Waals surface area contributed by atoms with Crippen LogP contribution in [-0.2, 0) is 0 Å². The summed E-state index contributed by atoms with van der Waals surface area (Å²) in [5, 5.41) is 20.6. The second kappa shape index (κ2) is 12.8. The van der Waals surface area contributed by atoms with E-state index in [1.54, 1.807) is 12.1 Å². The molecule has 2 N–H and O–H groups in total. The van der Waals surface area contributed by atoms with Crippen molar-refractivity contribution in [2.75, 3.05) is 13.2 Å². The SMILES string of the molecule is CCCCCCOc1ccc(C(=O)c2ccc(OCCCCCC)cc2O)c(O)c1. The van der Waals surface area contributed by atoms with Crippen LogP contribution in [0.3, 0.4) is 0 Å². The van der Waals surface area contributed by atoms with Gasteiger partial charge in [-0.05, 0) is 37.1 Å². The van der Waals surface area contributed by atoms with Crippen molar-refractivity contribution < 1.29 is 24.5 Å². The van der Waals surface area contributed by atoms with Crippen LogP contribution >= 0.6 is 0 Å². The van der Waals surface area contributed by atoms with Gasteiger partial charge in [0.05, 0.1) is 24.3 Å². The number of hydrogen-bond donors (Lipinski definition) is 2. The number of carbonyl (C=O) groups excluding carboxylic acids is 1. The summed E-state index contributed by atoms with van der Waals surface area (Å²) < 4.78 is 11.3. The second-order valence-electron chi connectivity index (χ2n) is 7.51. The molecule has 5 nitrogen and oxygen atoms in total. The molecule has 30 heavy (non-hydrogen) atoms. The molecule has 2 aromatic carbocycles. The van der Waals surface area contributed by atoms with Gasteiger partial charge >= 0.3 is 0 Å². The van der Waals surface area contributed by atoms with Crippen LogP contribution < -0.4 is 9.47 Å². The number of benzene rings is 2. The number of unbranched alkanes of at least 4 members (excludes halogenated alkanes) is 6. The highest BCUT2D eigenvalue weighted by Crippen LogP contribution is 2.30. The fourth-order valence-corrected chi connectivity index (χ4v) is 3.17. The van der Waals surface area contributed by atoms with Gasteiger partial charge in [0.1, 0.15) is 23.0 Å². The Morgan fingerprint density at radius 2 is 1.13 bits per heavy atom. The second-order valence-corrected chi connectivity index (χ2v) is 7.51. The van der Waals surface area contributed by atoms with Gasteiger partial charge in [-0.25, -0.2) is 0 Å². The minimum absolute atomic E-state index is 0.122. The first kappa shape index (κ1) is 23.6. The molecule has 0 unspecified atom stereocenters. The van der Waals surface area contributed by atoms with E-state index >= 15 is 0 Å². The van der Waals surface area contributed by atoms with E-state index in [1.807, 2.05) is 0 Å². The van der Waals surface area contributed by atoms with E-state index in [4.69, 9.17) is 9.47 Å². The molecule has 0 fully saturated rings. The lowest BCUT2D eigenvalue weighted by Crippen LogP contribution is -2.04. The Hall–Kier alpha value is -2.69.